The van der Waals surface area contributed by atoms with Crippen LogP contribution in [0, 0.1) is 12.8 Å². The molecule has 0 saturated carbocycles. The number of carbonyl (C=O) groups is 1. The summed E-state index contributed by atoms with van der Waals surface area (Å²) in [6.07, 6.45) is -4.43. The second-order valence-corrected chi connectivity index (χ2v) is 10.5. The third kappa shape index (κ3) is 4.85. The summed E-state index contributed by atoms with van der Waals surface area (Å²) in [6, 6.07) is 23.3. The largest absolute Gasteiger partial charge is 0.416 e. The first-order valence-corrected chi connectivity index (χ1v) is 12.8. The molecule has 3 aromatic carbocycles. The van der Waals surface area contributed by atoms with Gasteiger partial charge in [0.25, 0.3) is 0 Å². The van der Waals surface area contributed by atoms with Crippen LogP contribution in [0.15, 0.2) is 90.3 Å². The van der Waals surface area contributed by atoms with Crippen molar-refractivity contribution >= 4 is 28.7 Å². The van der Waals surface area contributed by atoms with Gasteiger partial charge in [-0.2, -0.15) is 13.2 Å². The van der Waals surface area contributed by atoms with Gasteiger partial charge in [0, 0.05) is 33.5 Å². The van der Waals surface area contributed by atoms with E-state index in [1.807, 2.05) is 73.0 Å². The molecule has 0 spiro atoms. The number of nitrogens with one attached hydrogen (secondary N) is 1. The standard InChI is InChI=1S/C29H23ClF3NOS/c1-17-4-6-20(7-5-17)28(35)25-24(23-3-2-16-36-23)26(19-10-14-22(30)15-11-19)34-27(25)18-8-12-21(13-9-18)29(31,32)33/h2-16,24-27,34H,1H3/t24-,25-,26+,27+/m1/s1. The Kier molecular flexibility index (Phi) is 6.77. The zero-order valence-electron chi connectivity index (χ0n) is 19.3. The number of hydrogen-bond donors (Lipinski definition) is 1. The lowest BCUT2D eigenvalue weighted by Crippen LogP contribution is -2.26. The second kappa shape index (κ2) is 9.85. The van der Waals surface area contributed by atoms with Gasteiger partial charge in [0.05, 0.1) is 11.5 Å². The Balaban J connectivity index is 1.63. The molecule has 1 aliphatic rings. The molecule has 4 aromatic rings. The van der Waals surface area contributed by atoms with E-state index in [4.69, 9.17) is 11.6 Å². The van der Waals surface area contributed by atoms with Crippen LogP contribution in [0.25, 0.3) is 0 Å². The van der Waals surface area contributed by atoms with Crippen molar-refractivity contribution < 1.29 is 18.0 Å². The molecule has 0 unspecified atom stereocenters. The van der Waals surface area contributed by atoms with E-state index in [0.29, 0.717) is 16.1 Å². The van der Waals surface area contributed by atoms with E-state index in [2.05, 4.69) is 5.32 Å². The number of hydrogen-bond acceptors (Lipinski definition) is 3. The molecule has 0 bridgehead atoms. The van der Waals surface area contributed by atoms with Gasteiger partial charge in [-0.3, -0.25) is 4.79 Å². The van der Waals surface area contributed by atoms with Gasteiger partial charge in [-0.25, -0.2) is 0 Å². The molecule has 1 aromatic heterocycles. The molecule has 5 rings (SSSR count). The maximum Gasteiger partial charge on any atom is 0.416 e. The molecule has 4 atom stereocenters. The molecule has 7 heteroatoms. The van der Waals surface area contributed by atoms with Gasteiger partial charge in [0.15, 0.2) is 5.78 Å². The predicted molar refractivity (Wildman–Crippen MR) is 138 cm³/mol. The highest BCUT2D eigenvalue weighted by molar-refractivity contribution is 7.10. The first-order chi connectivity index (χ1) is 17.2. The van der Waals surface area contributed by atoms with E-state index in [-0.39, 0.29) is 17.7 Å². The van der Waals surface area contributed by atoms with Gasteiger partial charge in [-0.05, 0) is 53.8 Å². The van der Waals surface area contributed by atoms with Gasteiger partial charge in [0.2, 0.25) is 0 Å². The molecule has 1 saturated heterocycles. The first-order valence-electron chi connectivity index (χ1n) is 11.6. The van der Waals surface area contributed by atoms with Crippen LogP contribution in [0.1, 0.15) is 55.5 Å². The average Bonchev–Trinajstić information content (AvgIpc) is 3.52. The van der Waals surface area contributed by atoms with Crippen molar-refractivity contribution in [3.63, 3.8) is 0 Å². The van der Waals surface area contributed by atoms with Crippen molar-refractivity contribution in [1.82, 2.24) is 5.32 Å². The van der Waals surface area contributed by atoms with Crippen molar-refractivity contribution in [3.8, 4) is 0 Å². The minimum absolute atomic E-state index is 0.0396. The van der Waals surface area contributed by atoms with Crippen LogP contribution in [-0.2, 0) is 6.18 Å². The van der Waals surface area contributed by atoms with Crippen LogP contribution in [0.3, 0.4) is 0 Å². The maximum absolute atomic E-state index is 14.1. The Morgan fingerprint density at radius 3 is 2.06 bits per heavy atom. The fraction of sp³-hybridized carbons (Fsp3) is 0.207. The lowest BCUT2D eigenvalue weighted by atomic mass is 9.77. The molecule has 2 heterocycles. The highest BCUT2D eigenvalue weighted by Crippen LogP contribution is 2.52. The molecule has 0 aliphatic carbocycles. The minimum atomic E-state index is -4.43. The maximum atomic E-state index is 14.1. The molecule has 0 amide bonds. The quantitative estimate of drug-likeness (QED) is 0.265. The van der Waals surface area contributed by atoms with Crippen LogP contribution >= 0.6 is 22.9 Å². The highest BCUT2D eigenvalue weighted by atomic mass is 35.5. The number of rotatable bonds is 5. The Labute approximate surface area is 216 Å². The molecule has 2 nitrogen and oxygen atoms in total. The van der Waals surface area contributed by atoms with Gasteiger partial charge in [0.1, 0.15) is 0 Å². The summed E-state index contributed by atoms with van der Waals surface area (Å²) in [7, 11) is 0. The van der Waals surface area contributed by atoms with E-state index in [9.17, 15) is 18.0 Å². The molecular weight excluding hydrogens is 503 g/mol. The van der Waals surface area contributed by atoms with E-state index in [1.165, 1.54) is 12.1 Å². The molecular formula is C29H23ClF3NOS. The number of Topliss-reactive ketones (excluding diaryl/α,β-unsaturated/α-hetero) is 1. The third-order valence-electron chi connectivity index (χ3n) is 6.80. The van der Waals surface area contributed by atoms with Crippen LogP contribution in [-0.4, -0.2) is 5.78 Å². The van der Waals surface area contributed by atoms with Gasteiger partial charge >= 0.3 is 6.18 Å². The fourth-order valence-corrected chi connectivity index (χ4v) is 6.06. The van der Waals surface area contributed by atoms with E-state index in [0.717, 1.165) is 28.1 Å². The summed E-state index contributed by atoms with van der Waals surface area (Å²) >= 11 is 7.71. The normalized spacial score (nSPS) is 22.0. The average molecular weight is 526 g/mol. The van der Waals surface area contributed by atoms with E-state index >= 15 is 0 Å². The molecule has 1 aliphatic heterocycles. The highest BCUT2D eigenvalue weighted by Gasteiger charge is 2.49. The Hall–Kier alpha value is -2.93. The number of ketones is 1. The van der Waals surface area contributed by atoms with Crippen molar-refractivity contribution in [2.45, 2.75) is 31.1 Å². The Morgan fingerprint density at radius 1 is 0.861 bits per heavy atom. The summed E-state index contributed by atoms with van der Waals surface area (Å²) in [5, 5.41) is 6.20. The number of benzene rings is 3. The molecule has 1 N–H and O–H groups in total. The SMILES string of the molecule is Cc1ccc(C(=O)[C@@H]2[C@@H](c3cccs3)[C@H](c3ccc(Cl)cc3)N[C@H]2c2ccc(C(F)(F)F)cc2)cc1. The van der Waals surface area contributed by atoms with Crippen LogP contribution in [0.4, 0.5) is 13.2 Å². The van der Waals surface area contributed by atoms with Crippen molar-refractivity contribution in [3.05, 3.63) is 128 Å². The molecule has 0 radical (unpaired) electrons. The fourth-order valence-electron chi connectivity index (χ4n) is 5.02. The summed E-state index contributed by atoms with van der Waals surface area (Å²) in [6.45, 7) is 1.96. The van der Waals surface area contributed by atoms with Gasteiger partial charge in [-0.1, -0.05) is 71.8 Å². The molecule has 1 fully saturated rings. The lowest BCUT2D eigenvalue weighted by Gasteiger charge is -2.24. The third-order valence-corrected chi connectivity index (χ3v) is 8.03. The zero-order valence-corrected chi connectivity index (χ0v) is 20.9. The minimum Gasteiger partial charge on any atom is -0.302 e. The number of thiophene rings is 1. The number of carbonyl (C=O) groups excluding carboxylic acids is 1. The predicted octanol–water partition coefficient (Wildman–Crippen LogP) is 8.40. The monoisotopic (exact) mass is 525 g/mol. The number of halogens is 4. The number of alkyl halides is 3. The van der Waals surface area contributed by atoms with E-state index < -0.39 is 23.7 Å². The van der Waals surface area contributed by atoms with Crippen molar-refractivity contribution in [2.24, 2.45) is 5.92 Å². The summed E-state index contributed by atoms with van der Waals surface area (Å²) in [5.74, 6) is -0.779. The van der Waals surface area contributed by atoms with E-state index in [1.54, 1.807) is 11.3 Å². The van der Waals surface area contributed by atoms with Crippen molar-refractivity contribution in [1.29, 1.82) is 0 Å². The number of aryl methyl sites for hydroxylation is 1. The van der Waals surface area contributed by atoms with Crippen LogP contribution in [0.5, 0.6) is 0 Å². The topological polar surface area (TPSA) is 29.1 Å². The zero-order chi connectivity index (χ0) is 25.4. The summed E-state index contributed by atoms with van der Waals surface area (Å²) in [5.41, 5.74) is 2.53. The smallest absolute Gasteiger partial charge is 0.302 e. The van der Waals surface area contributed by atoms with Crippen LogP contribution < -0.4 is 5.32 Å². The summed E-state index contributed by atoms with van der Waals surface area (Å²) < 4.78 is 39.7. The van der Waals surface area contributed by atoms with Crippen molar-refractivity contribution in [2.75, 3.05) is 0 Å². The molecule has 36 heavy (non-hydrogen) atoms. The lowest BCUT2D eigenvalue weighted by molar-refractivity contribution is -0.137. The Morgan fingerprint density at radius 2 is 1.47 bits per heavy atom. The second-order valence-electron chi connectivity index (χ2n) is 9.09. The van der Waals surface area contributed by atoms with Gasteiger partial charge in [-0.15, -0.1) is 11.3 Å². The molecule has 184 valence electrons. The summed E-state index contributed by atoms with van der Waals surface area (Å²) in [4.78, 5) is 15.1. The first kappa shape index (κ1) is 24.8. The van der Waals surface area contributed by atoms with Gasteiger partial charge < -0.3 is 5.32 Å². The van der Waals surface area contributed by atoms with Crippen LogP contribution in [0.2, 0.25) is 5.02 Å². The Bertz CT molecular complexity index is 1330.